The van der Waals surface area contributed by atoms with E-state index in [0.29, 0.717) is 19.0 Å². The number of aromatic nitrogens is 1. The fourth-order valence-corrected chi connectivity index (χ4v) is 3.35. The lowest BCUT2D eigenvalue weighted by Crippen LogP contribution is -2.41. The van der Waals surface area contributed by atoms with Crippen LogP contribution in [0.5, 0.6) is 5.88 Å². The van der Waals surface area contributed by atoms with Crippen molar-refractivity contribution in [1.82, 2.24) is 9.88 Å². The average molecular weight is 332 g/mol. The topological polar surface area (TPSA) is 42.4 Å². The molecule has 0 aliphatic carbocycles. The molecule has 4 heteroatoms. The molecule has 0 spiro atoms. The molecule has 0 bridgehead atoms. The van der Waals surface area contributed by atoms with Crippen LogP contribution in [-0.4, -0.2) is 35.0 Å². The van der Waals surface area contributed by atoms with Crippen molar-refractivity contribution < 1.29 is 9.53 Å². The molecule has 1 fully saturated rings. The Morgan fingerprint density at radius 2 is 1.72 bits per heavy atom. The van der Waals surface area contributed by atoms with E-state index in [1.54, 1.807) is 6.20 Å². The molecule has 126 valence electrons. The number of nitrogens with zero attached hydrogens (tertiary/aromatic N) is 2. The quantitative estimate of drug-likeness (QED) is 0.730. The highest BCUT2D eigenvalue weighted by Crippen LogP contribution is 2.23. The van der Waals surface area contributed by atoms with Gasteiger partial charge in [0.1, 0.15) is 6.10 Å². The molecule has 25 heavy (non-hydrogen) atoms. The first-order valence-corrected chi connectivity index (χ1v) is 8.66. The second-order valence-electron chi connectivity index (χ2n) is 6.30. The molecule has 4 rings (SSSR count). The molecule has 4 nitrogen and oxygen atoms in total. The largest absolute Gasteiger partial charge is 0.474 e. The number of hydrogen-bond donors (Lipinski definition) is 0. The molecule has 0 atom stereocenters. The van der Waals surface area contributed by atoms with Gasteiger partial charge in [-0.1, -0.05) is 42.5 Å². The molecular weight excluding hydrogens is 312 g/mol. The zero-order chi connectivity index (χ0) is 17.1. The molecule has 1 aromatic heterocycles. The Balaban J connectivity index is 1.44. The van der Waals surface area contributed by atoms with Gasteiger partial charge < -0.3 is 9.64 Å². The average Bonchev–Trinajstić information content (AvgIpc) is 2.68. The van der Waals surface area contributed by atoms with E-state index in [1.807, 2.05) is 65.6 Å². The van der Waals surface area contributed by atoms with Crippen molar-refractivity contribution in [2.24, 2.45) is 0 Å². The Kier molecular flexibility index (Phi) is 4.34. The lowest BCUT2D eigenvalue weighted by atomic mass is 10.0. The molecule has 1 saturated heterocycles. The summed E-state index contributed by atoms with van der Waals surface area (Å²) in [4.78, 5) is 19.1. The highest BCUT2D eigenvalue weighted by Gasteiger charge is 2.25. The summed E-state index contributed by atoms with van der Waals surface area (Å²) in [5.74, 6) is 0.759. The zero-order valence-corrected chi connectivity index (χ0v) is 14.0. The van der Waals surface area contributed by atoms with Gasteiger partial charge in [-0.2, -0.15) is 0 Å². The van der Waals surface area contributed by atoms with Crippen molar-refractivity contribution in [1.29, 1.82) is 0 Å². The summed E-state index contributed by atoms with van der Waals surface area (Å²) in [5, 5.41) is 2.11. The van der Waals surface area contributed by atoms with E-state index in [4.69, 9.17) is 4.74 Å². The van der Waals surface area contributed by atoms with Crippen molar-refractivity contribution in [3.8, 4) is 5.88 Å². The maximum absolute atomic E-state index is 13.0. The van der Waals surface area contributed by atoms with Crippen molar-refractivity contribution in [2.75, 3.05) is 13.1 Å². The maximum Gasteiger partial charge on any atom is 0.254 e. The number of benzene rings is 2. The smallest absolute Gasteiger partial charge is 0.254 e. The fraction of sp³-hybridized carbons (Fsp3) is 0.238. The van der Waals surface area contributed by atoms with E-state index < -0.39 is 0 Å². The second-order valence-corrected chi connectivity index (χ2v) is 6.30. The van der Waals surface area contributed by atoms with Crippen LogP contribution in [0.4, 0.5) is 0 Å². The number of piperidine rings is 1. The summed E-state index contributed by atoms with van der Waals surface area (Å²) < 4.78 is 5.91. The third kappa shape index (κ3) is 3.33. The third-order valence-corrected chi connectivity index (χ3v) is 4.67. The molecular formula is C21H20N2O2. The first-order chi connectivity index (χ1) is 12.3. The van der Waals surface area contributed by atoms with Crippen molar-refractivity contribution in [3.63, 3.8) is 0 Å². The molecule has 3 aromatic rings. The molecule has 0 radical (unpaired) electrons. The highest BCUT2D eigenvalue weighted by molar-refractivity contribution is 6.07. The van der Waals surface area contributed by atoms with Gasteiger partial charge in [0.15, 0.2) is 0 Å². The normalized spacial score (nSPS) is 15.3. The Morgan fingerprint density at radius 1 is 0.960 bits per heavy atom. The van der Waals surface area contributed by atoms with E-state index in [2.05, 4.69) is 4.98 Å². The van der Waals surface area contributed by atoms with Gasteiger partial charge in [-0.3, -0.25) is 4.79 Å². The molecule has 2 aromatic carbocycles. The van der Waals surface area contributed by atoms with E-state index >= 15 is 0 Å². The number of carbonyl (C=O) groups is 1. The third-order valence-electron chi connectivity index (χ3n) is 4.67. The van der Waals surface area contributed by atoms with Crippen LogP contribution in [0.2, 0.25) is 0 Å². The van der Waals surface area contributed by atoms with Gasteiger partial charge >= 0.3 is 0 Å². The van der Waals surface area contributed by atoms with Crippen LogP contribution in [0.15, 0.2) is 66.9 Å². The highest BCUT2D eigenvalue weighted by atomic mass is 16.5. The number of amides is 1. The zero-order valence-electron chi connectivity index (χ0n) is 14.0. The van der Waals surface area contributed by atoms with Crippen LogP contribution in [0.25, 0.3) is 10.8 Å². The summed E-state index contributed by atoms with van der Waals surface area (Å²) >= 11 is 0. The minimum Gasteiger partial charge on any atom is -0.474 e. The number of likely N-dealkylation sites (tertiary alicyclic amines) is 1. The van der Waals surface area contributed by atoms with Crippen molar-refractivity contribution in [2.45, 2.75) is 18.9 Å². The summed E-state index contributed by atoms with van der Waals surface area (Å²) in [6.45, 7) is 1.42. The number of rotatable bonds is 3. The number of carbonyl (C=O) groups excluding carboxylic acids is 1. The van der Waals surface area contributed by atoms with Gasteiger partial charge in [0.05, 0.1) is 0 Å². The first-order valence-electron chi connectivity index (χ1n) is 8.66. The van der Waals surface area contributed by atoms with Gasteiger partial charge in [-0.25, -0.2) is 4.98 Å². The van der Waals surface area contributed by atoms with E-state index in [-0.39, 0.29) is 12.0 Å². The van der Waals surface area contributed by atoms with Crippen molar-refractivity contribution >= 4 is 16.7 Å². The predicted molar refractivity (Wildman–Crippen MR) is 97.7 cm³/mol. The molecule has 1 amide bonds. The van der Waals surface area contributed by atoms with Crippen LogP contribution < -0.4 is 4.74 Å². The van der Waals surface area contributed by atoms with Crippen LogP contribution >= 0.6 is 0 Å². The molecule has 2 heterocycles. The van der Waals surface area contributed by atoms with Crippen LogP contribution in [-0.2, 0) is 0 Å². The van der Waals surface area contributed by atoms with Crippen LogP contribution in [0.1, 0.15) is 23.2 Å². The predicted octanol–water partition coefficient (Wildman–Crippen LogP) is 3.92. The summed E-state index contributed by atoms with van der Waals surface area (Å²) in [6.07, 6.45) is 3.50. The second kappa shape index (κ2) is 6.93. The summed E-state index contributed by atoms with van der Waals surface area (Å²) in [5.41, 5.74) is 0.780. The molecule has 0 saturated carbocycles. The standard InChI is InChI=1S/C21H20N2O2/c24-21(19-9-5-7-16-6-1-2-8-18(16)19)23-14-11-17(12-15-23)25-20-10-3-4-13-22-20/h1-10,13,17H,11-12,14-15H2. The van der Waals surface area contributed by atoms with E-state index in [1.165, 1.54) is 0 Å². The molecule has 0 unspecified atom stereocenters. The summed E-state index contributed by atoms with van der Waals surface area (Å²) in [7, 11) is 0. The van der Waals surface area contributed by atoms with Crippen LogP contribution in [0.3, 0.4) is 0 Å². The van der Waals surface area contributed by atoms with E-state index in [9.17, 15) is 4.79 Å². The molecule has 0 N–H and O–H groups in total. The van der Waals surface area contributed by atoms with Gasteiger partial charge in [0.25, 0.3) is 5.91 Å². The van der Waals surface area contributed by atoms with Gasteiger partial charge in [-0.15, -0.1) is 0 Å². The fourth-order valence-electron chi connectivity index (χ4n) is 3.35. The molecule has 1 aliphatic rings. The minimum absolute atomic E-state index is 0.105. The van der Waals surface area contributed by atoms with Gasteiger partial charge in [-0.05, 0) is 22.9 Å². The minimum atomic E-state index is 0.105. The first kappa shape index (κ1) is 15.6. The number of pyridine rings is 1. The van der Waals surface area contributed by atoms with Crippen LogP contribution in [0, 0.1) is 0 Å². The van der Waals surface area contributed by atoms with Gasteiger partial charge in [0, 0.05) is 43.8 Å². The van der Waals surface area contributed by atoms with E-state index in [0.717, 1.165) is 29.2 Å². The number of ether oxygens (including phenoxy) is 1. The summed E-state index contributed by atoms with van der Waals surface area (Å²) in [6, 6.07) is 19.6. The van der Waals surface area contributed by atoms with Gasteiger partial charge in [0.2, 0.25) is 5.88 Å². The monoisotopic (exact) mass is 332 g/mol. The Hall–Kier alpha value is -2.88. The molecule has 1 aliphatic heterocycles. The number of hydrogen-bond acceptors (Lipinski definition) is 3. The maximum atomic E-state index is 13.0. The Bertz CT molecular complexity index is 866. The Labute approximate surface area is 147 Å². The number of fused-ring (bicyclic) bond motifs is 1. The Morgan fingerprint density at radius 3 is 2.52 bits per heavy atom. The van der Waals surface area contributed by atoms with Crippen molar-refractivity contribution in [3.05, 3.63) is 72.4 Å². The lowest BCUT2D eigenvalue weighted by molar-refractivity contribution is 0.0589. The SMILES string of the molecule is O=C(c1cccc2ccccc12)N1CCC(Oc2ccccn2)CC1. The lowest BCUT2D eigenvalue weighted by Gasteiger charge is -2.32.